The second-order valence-electron chi connectivity index (χ2n) is 4.69. The van der Waals surface area contributed by atoms with Crippen LogP contribution in [-0.4, -0.2) is 32.1 Å². The number of aromatic nitrogens is 3. The maximum atomic E-state index is 14.5. The topological polar surface area (TPSA) is 33.7 Å². The maximum absolute atomic E-state index is 14.5. The minimum Gasteiger partial charge on any atom is -0.396 e. The van der Waals surface area contributed by atoms with Crippen molar-refractivity contribution in [2.45, 2.75) is 0 Å². The summed E-state index contributed by atoms with van der Waals surface area (Å²) in [6.45, 7) is -3.84. The summed E-state index contributed by atoms with van der Waals surface area (Å²) >= 11 is 0. The van der Waals surface area contributed by atoms with E-state index in [1.54, 1.807) is 36.7 Å². The molecule has 4 rings (SSSR count). The van der Waals surface area contributed by atoms with Gasteiger partial charge in [-0.3, -0.25) is 0 Å². The third-order valence-electron chi connectivity index (χ3n) is 3.59. The lowest BCUT2D eigenvalue weighted by atomic mass is 9.87. The number of fused-ring (bicyclic) bond motifs is 2. The number of hydrogen-bond donors (Lipinski definition) is 0. The summed E-state index contributed by atoms with van der Waals surface area (Å²) in [5, 5.41) is 0. The molecule has 0 amide bonds. The van der Waals surface area contributed by atoms with E-state index in [4.69, 9.17) is 0 Å². The minimum atomic E-state index is -3.84. The van der Waals surface area contributed by atoms with Crippen molar-refractivity contribution in [1.82, 2.24) is 14.4 Å². The highest BCUT2D eigenvalue weighted by Gasteiger charge is 2.51. The average Bonchev–Trinajstić information content (AvgIpc) is 3.09. The number of rotatable bonds is 1. The van der Waals surface area contributed by atoms with Crippen LogP contribution in [0.4, 0.5) is 8.63 Å². The summed E-state index contributed by atoms with van der Waals surface area (Å²) in [7, 11) is 0. The molecule has 0 aromatic carbocycles. The maximum Gasteiger partial charge on any atom is 0.737 e. The Morgan fingerprint density at radius 2 is 2.00 bits per heavy atom. The zero-order valence-corrected chi connectivity index (χ0v) is 10.3. The highest BCUT2D eigenvalue weighted by atomic mass is 19.2. The van der Waals surface area contributed by atoms with Gasteiger partial charge >= 0.3 is 6.97 Å². The summed E-state index contributed by atoms with van der Waals surface area (Å²) in [5.41, 5.74) is 2.40. The Morgan fingerprint density at radius 1 is 1.20 bits per heavy atom. The molecule has 2 aliphatic heterocycles. The summed E-state index contributed by atoms with van der Waals surface area (Å²) in [5.74, 6) is 0. The number of hydrogen-bond acceptors (Lipinski definition) is 2. The van der Waals surface area contributed by atoms with Crippen LogP contribution in [-0.2, 0) is 0 Å². The standard InChI is InChI=1S/C13H9BF2N4/c15-14(16)19-5-1-3-11(19)13(10-7-17-9-18-8-10)12-4-2-6-20(12)14/h1-9H. The molecule has 0 saturated carbocycles. The number of nitrogens with zero attached hydrogens (tertiary/aromatic N) is 4. The van der Waals surface area contributed by atoms with E-state index in [9.17, 15) is 8.63 Å². The van der Waals surface area contributed by atoms with Gasteiger partial charge in [0.1, 0.15) is 12.5 Å². The lowest BCUT2D eigenvalue weighted by molar-refractivity contribution is -0.356. The van der Waals surface area contributed by atoms with E-state index in [2.05, 4.69) is 9.97 Å². The fourth-order valence-corrected chi connectivity index (χ4v) is 2.74. The molecule has 0 fully saturated rings. The van der Waals surface area contributed by atoms with E-state index < -0.39 is 6.97 Å². The van der Waals surface area contributed by atoms with Gasteiger partial charge in [0.05, 0.1) is 5.57 Å². The largest absolute Gasteiger partial charge is 0.737 e. The van der Waals surface area contributed by atoms with E-state index >= 15 is 0 Å². The van der Waals surface area contributed by atoms with Crippen molar-refractivity contribution in [2.75, 3.05) is 0 Å². The Balaban J connectivity index is 2.07. The van der Waals surface area contributed by atoms with Gasteiger partial charge in [-0.05, 0) is 18.3 Å². The molecular formula is C13H9BF2N4. The second-order valence-corrected chi connectivity index (χ2v) is 4.69. The normalized spacial score (nSPS) is 18.8. The van der Waals surface area contributed by atoms with Crippen LogP contribution in [0.5, 0.6) is 0 Å². The van der Waals surface area contributed by atoms with Gasteiger partial charge in [-0.25, -0.2) is 9.97 Å². The second kappa shape index (κ2) is 3.72. The molecule has 98 valence electrons. The Bertz CT molecular complexity index is 790. The highest BCUT2D eigenvalue weighted by molar-refractivity contribution is 6.57. The molecule has 0 bridgehead atoms. The van der Waals surface area contributed by atoms with Gasteiger partial charge in [-0.15, -0.1) is 0 Å². The Labute approximate surface area is 113 Å². The molecule has 0 unspecified atom stereocenters. The third kappa shape index (κ3) is 1.32. The molecule has 2 aromatic rings. The molecule has 0 atom stereocenters. The molecule has 0 spiro atoms. The third-order valence-corrected chi connectivity index (χ3v) is 3.59. The van der Waals surface area contributed by atoms with E-state index in [0.29, 0.717) is 17.0 Å². The first-order valence-corrected chi connectivity index (χ1v) is 6.19. The first-order chi connectivity index (χ1) is 9.69. The van der Waals surface area contributed by atoms with Crippen molar-refractivity contribution in [3.05, 3.63) is 66.2 Å². The van der Waals surface area contributed by atoms with Gasteiger partial charge in [0, 0.05) is 35.8 Å². The fraction of sp³-hybridized carbons (Fsp3) is 0. The van der Waals surface area contributed by atoms with Crippen LogP contribution in [0.25, 0.3) is 5.57 Å². The monoisotopic (exact) mass is 270 g/mol. The van der Waals surface area contributed by atoms with E-state index in [0.717, 1.165) is 14.5 Å². The molecule has 0 radical (unpaired) electrons. The van der Waals surface area contributed by atoms with Crippen molar-refractivity contribution in [3.8, 4) is 0 Å². The van der Waals surface area contributed by atoms with Crippen LogP contribution in [0.15, 0.2) is 54.9 Å². The first-order valence-electron chi connectivity index (χ1n) is 6.19. The summed E-state index contributed by atoms with van der Waals surface area (Å²) < 4.78 is 31.0. The lowest BCUT2D eigenvalue weighted by Gasteiger charge is -2.30. The molecular weight excluding hydrogens is 261 g/mol. The van der Waals surface area contributed by atoms with E-state index in [1.165, 1.54) is 18.7 Å². The van der Waals surface area contributed by atoms with Crippen LogP contribution in [0.3, 0.4) is 0 Å². The molecule has 0 aliphatic carbocycles. The summed E-state index contributed by atoms with van der Waals surface area (Å²) in [6, 6.07) is 3.32. The van der Waals surface area contributed by atoms with Gasteiger partial charge in [-0.2, -0.15) is 0 Å². The first kappa shape index (κ1) is 11.3. The molecule has 20 heavy (non-hydrogen) atoms. The molecule has 7 heteroatoms. The van der Waals surface area contributed by atoms with Crippen LogP contribution in [0, 0.1) is 0 Å². The predicted molar refractivity (Wildman–Crippen MR) is 71.3 cm³/mol. The van der Waals surface area contributed by atoms with E-state index in [1.807, 2.05) is 0 Å². The molecule has 0 N–H and O–H groups in total. The van der Waals surface area contributed by atoms with Crippen molar-refractivity contribution in [1.29, 1.82) is 0 Å². The Hall–Kier alpha value is -2.57. The van der Waals surface area contributed by atoms with Gasteiger partial charge in [0.25, 0.3) is 0 Å². The Kier molecular flexibility index (Phi) is 2.10. The lowest BCUT2D eigenvalue weighted by Crippen LogP contribution is -2.49. The van der Waals surface area contributed by atoms with Crippen molar-refractivity contribution >= 4 is 18.8 Å². The van der Waals surface area contributed by atoms with Gasteiger partial charge in [0.2, 0.25) is 0 Å². The average molecular weight is 270 g/mol. The van der Waals surface area contributed by atoms with Crippen molar-refractivity contribution in [2.24, 2.45) is 0 Å². The Morgan fingerprint density at radius 3 is 2.80 bits per heavy atom. The quantitative estimate of drug-likeness (QED) is 0.742. The van der Waals surface area contributed by atoms with Gasteiger partial charge < -0.3 is 17.6 Å². The molecule has 2 aromatic heterocycles. The molecule has 2 aliphatic rings. The van der Waals surface area contributed by atoms with Crippen LogP contribution >= 0.6 is 0 Å². The zero-order chi connectivity index (χ0) is 13.7. The smallest absolute Gasteiger partial charge is 0.396 e. The van der Waals surface area contributed by atoms with Crippen LogP contribution in [0.2, 0.25) is 0 Å². The van der Waals surface area contributed by atoms with Gasteiger partial charge in [0.15, 0.2) is 5.70 Å². The summed E-state index contributed by atoms with van der Waals surface area (Å²) in [6.07, 6.45) is 10.8. The highest BCUT2D eigenvalue weighted by Crippen LogP contribution is 2.37. The predicted octanol–water partition coefficient (Wildman–Crippen LogP) is 1.93. The van der Waals surface area contributed by atoms with Crippen LogP contribution < -0.4 is 0 Å². The number of halogens is 2. The van der Waals surface area contributed by atoms with Crippen molar-refractivity contribution in [3.63, 3.8) is 0 Å². The summed E-state index contributed by atoms with van der Waals surface area (Å²) in [4.78, 5) is 7.96. The van der Waals surface area contributed by atoms with Crippen molar-refractivity contribution < 1.29 is 13.1 Å². The molecule has 4 nitrogen and oxygen atoms in total. The minimum absolute atomic E-state index is 0.482. The SMILES string of the molecule is F[B-]1(F)n2cccc2C(c2cncnc2)=C2C=CC=[N+]21. The zero-order valence-electron chi connectivity index (χ0n) is 10.3. The van der Waals surface area contributed by atoms with E-state index in [-0.39, 0.29) is 0 Å². The molecule has 0 saturated heterocycles. The molecule has 4 heterocycles. The number of allylic oxidation sites excluding steroid dienone is 2. The fourth-order valence-electron chi connectivity index (χ4n) is 2.74. The van der Waals surface area contributed by atoms with Crippen LogP contribution in [0.1, 0.15) is 11.3 Å². The van der Waals surface area contributed by atoms with Gasteiger partial charge in [-0.1, -0.05) is 0 Å².